The summed E-state index contributed by atoms with van der Waals surface area (Å²) in [6.07, 6.45) is -0.0997. The molecule has 0 rings (SSSR count). The second-order valence-electron chi connectivity index (χ2n) is 4.47. The van der Waals surface area contributed by atoms with Gasteiger partial charge in [-0.15, -0.1) is 0 Å². The largest absolute Gasteiger partial charge is 0.392 e. The molecule has 6 heteroatoms. The van der Waals surface area contributed by atoms with Crippen LogP contribution in [0, 0.1) is 5.41 Å². The first-order chi connectivity index (χ1) is 6.16. The van der Waals surface area contributed by atoms with Crippen LogP contribution in [0.5, 0.6) is 0 Å². The Balaban J connectivity index is 3.93. The summed E-state index contributed by atoms with van der Waals surface area (Å²) in [5, 5.41) is 9.49. The Morgan fingerprint density at radius 1 is 1.36 bits per heavy atom. The maximum absolute atomic E-state index is 10.9. The van der Waals surface area contributed by atoms with Crippen molar-refractivity contribution >= 4 is 10.2 Å². The second-order valence-corrected chi connectivity index (χ2v) is 6.18. The van der Waals surface area contributed by atoms with E-state index >= 15 is 0 Å². The summed E-state index contributed by atoms with van der Waals surface area (Å²) in [4.78, 5) is 0. The minimum absolute atomic E-state index is 0.00942. The molecule has 0 saturated carbocycles. The number of hydrogen-bond donors (Lipinski definition) is 3. The van der Waals surface area contributed by atoms with Crippen molar-refractivity contribution in [1.29, 1.82) is 0 Å². The van der Waals surface area contributed by atoms with E-state index in [9.17, 15) is 13.5 Å². The Labute approximate surface area is 86.1 Å². The Hall–Kier alpha value is -0.170. The number of aliphatic hydroxyl groups is 1. The van der Waals surface area contributed by atoms with E-state index in [4.69, 9.17) is 0 Å². The highest BCUT2D eigenvalue weighted by atomic mass is 32.2. The fraction of sp³-hybridized carbons (Fsp3) is 1.00. The molecule has 0 amide bonds. The average molecular weight is 224 g/mol. The molecule has 0 aromatic heterocycles. The van der Waals surface area contributed by atoms with E-state index in [-0.39, 0.29) is 12.0 Å². The fourth-order valence-electron chi connectivity index (χ4n) is 1.06. The van der Waals surface area contributed by atoms with Gasteiger partial charge in [-0.25, -0.2) is 4.72 Å². The Morgan fingerprint density at radius 3 is 2.21 bits per heavy atom. The number of nitrogens with one attached hydrogen (secondary N) is 2. The van der Waals surface area contributed by atoms with E-state index < -0.39 is 16.3 Å². The van der Waals surface area contributed by atoms with Crippen molar-refractivity contribution in [2.24, 2.45) is 5.41 Å². The highest BCUT2D eigenvalue weighted by Gasteiger charge is 2.18. The van der Waals surface area contributed by atoms with Crippen LogP contribution in [0.4, 0.5) is 0 Å². The molecule has 1 unspecified atom stereocenters. The lowest BCUT2D eigenvalue weighted by Crippen LogP contribution is -2.39. The quantitative estimate of drug-likeness (QED) is 0.607. The average Bonchev–Trinajstić information content (AvgIpc) is 1.98. The SMILES string of the molecule is CNS(=O)(=O)NCC(O)CC(C)(C)C. The van der Waals surface area contributed by atoms with Crippen LogP contribution in [-0.2, 0) is 10.2 Å². The minimum atomic E-state index is -3.43. The molecule has 0 spiro atoms. The highest BCUT2D eigenvalue weighted by Crippen LogP contribution is 2.20. The van der Waals surface area contributed by atoms with Crippen LogP contribution in [0.3, 0.4) is 0 Å². The van der Waals surface area contributed by atoms with Gasteiger partial charge in [0, 0.05) is 13.6 Å². The summed E-state index contributed by atoms with van der Waals surface area (Å²) in [6.45, 7) is 6.01. The molecule has 5 nitrogen and oxygen atoms in total. The molecule has 3 N–H and O–H groups in total. The van der Waals surface area contributed by atoms with Crippen molar-refractivity contribution in [3.8, 4) is 0 Å². The summed E-state index contributed by atoms with van der Waals surface area (Å²) >= 11 is 0. The van der Waals surface area contributed by atoms with E-state index in [0.717, 1.165) is 0 Å². The molecule has 0 heterocycles. The lowest BCUT2D eigenvalue weighted by molar-refractivity contribution is 0.125. The molecule has 0 bridgehead atoms. The number of aliphatic hydroxyl groups excluding tert-OH is 1. The molecule has 0 fully saturated rings. The number of hydrogen-bond acceptors (Lipinski definition) is 3. The van der Waals surface area contributed by atoms with Crippen LogP contribution in [0.2, 0.25) is 0 Å². The minimum Gasteiger partial charge on any atom is -0.392 e. The zero-order valence-corrected chi connectivity index (χ0v) is 9.98. The van der Waals surface area contributed by atoms with E-state index in [0.29, 0.717) is 6.42 Å². The van der Waals surface area contributed by atoms with Gasteiger partial charge in [0.15, 0.2) is 0 Å². The van der Waals surface area contributed by atoms with Crippen molar-refractivity contribution in [1.82, 2.24) is 9.44 Å². The van der Waals surface area contributed by atoms with Crippen molar-refractivity contribution in [2.75, 3.05) is 13.6 Å². The third-order valence-corrected chi connectivity index (χ3v) is 2.71. The van der Waals surface area contributed by atoms with Gasteiger partial charge < -0.3 is 5.11 Å². The first kappa shape index (κ1) is 13.8. The summed E-state index contributed by atoms with van der Waals surface area (Å²) < 4.78 is 26.2. The molecule has 0 aromatic rings. The van der Waals surface area contributed by atoms with Gasteiger partial charge in [-0.2, -0.15) is 13.1 Å². The van der Waals surface area contributed by atoms with Gasteiger partial charge in [-0.3, -0.25) is 0 Å². The third kappa shape index (κ3) is 7.25. The van der Waals surface area contributed by atoms with Crippen molar-refractivity contribution < 1.29 is 13.5 Å². The normalized spacial score (nSPS) is 15.5. The molecule has 14 heavy (non-hydrogen) atoms. The standard InChI is InChI=1S/C8H20N2O3S/c1-8(2,3)5-7(11)6-10-14(12,13)9-4/h7,9-11H,5-6H2,1-4H3. The summed E-state index contributed by atoms with van der Waals surface area (Å²) in [5.74, 6) is 0. The van der Waals surface area contributed by atoms with Gasteiger partial charge in [0.1, 0.15) is 0 Å². The van der Waals surface area contributed by atoms with E-state index in [2.05, 4.69) is 9.44 Å². The molecule has 86 valence electrons. The van der Waals surface area contributed by atoms with Gasteiger partial charge in [-0.05, 0) is 11.8 Å². The molecule has 0 aromatic carbocycles. The van der Waals surface area contributed by atoms with E-state index in [1.165, 1.54) is 7.05 Å². The molecule has 0 aliphatic carbocycles. The van der Waals surface area contributed by atoms with Crippen molar-refractivity contribution in [2.45, 2.75) is 33.3 Å². The fourth-order valence-corrected chi connectivity index (χ4v) is 1.61. The zero-order chi connectivity index (χ0) is 11.4. The highest BCUT2D eigenvalue weighted by molar-refractivity contribution is 7.87. The van der Waals surface area contributed by atoms with Crippen LogP contribution in [0.15, 0.2) is 0 Å². The predicted molar refractivity (Wildman–Crippen MR) is 56.1 cm³/mol. The molecule has 0 radical (unpaired) electrons. The lowest BCUT2D eigenvalue weighted by Gasteiger charge is -2.22. The molecule has 0 aliphatic heterocycles. The van der Waals surface area contributed by atoms with Gasteiger partial charge in [-0.1, -0.05) is 20.8 Å². The Bertz CT molecular complexity index is 256. The second kappa shape index (κ2) is 5.06. The first-order valence-corrected chi connectivity index (χ1v) is 6.01. The van der Waals surface area contributed by atoms with Crippen LogP contribution in [0.1, 0.15) is 27.2 Å². The maximum atomic E-state index is 10.9. The van der Waals surface area contributed by atoms with Gasteiger partial charge in [0.05, 0.1) is 6.10 Å². The topological polar surface area (TPSA) is 78.4 Å². The Kier molecular flexibility index (Phi) is 5.00. The lowest BCUT2D eigenvalue weighted by atomic mass is 9.89. The smallest absolute Gasteiger partial charge is 0.276 e. The molecular formula is C8H20N2O3S. The molecule has 1 atom stereocenters. The van der Waals surface area contributed by atoms with Gasteiger partial charge >= 0.3 is 0 Å². The van der Waals surface area contributed by atoms with Gasteiger partial charge in [0.25, 0.3) is 10.2 Å². The van der Waals surface area contributed by atoms with Crippen molar-refractivity contribution in [3.05, 3.63) is 0 Å². The van der Waals surface area contributed by atoms with Gasteiger partial charge in [0.2, 0.25) is 0 Å². The van der Waals surface area contributed by atoms with E-state index in [1.807, 2.05) is 20.8 Å². The predicted octanol–water partition coefficient (Wildman–Crippen LogP) is -0.163. The summed E-state index contributed by atoms with van der Waals surface area (Å²) in [5.41, 5.74) is -0.00942. The van der Waals surface area contributed by atoms with E-state index in [1.54, 1.807) is 0 Å². The summed E-state index contributed by atoms with van der Waals surface area (Å²) in [6, 6.07) is 0. The van der Waals surface area contributed by atoms with Crippen molar-refractivity contribution in [3.63, 3.8) is 0 Å². The molecule has 0 saturated heterocycles. The zero-order valence-electron chi connectivity index (χ0n) is 9.16. The molecule has 0 aliphatic rings. The molecular weight excluding hydrogens is 204 g/mol. The third-order valence-electron chi connectivity index (χ3n) is 1.63. The number of rotatable bonds is 5. The van der Waals surface area contributed by atoms with Crippen LogP contribution in [-0.4, -0.2) is 33.2 Å². The maximum Gasteiger partial charge on any atom is 0.276 e. The van der Waals surface area contributed by atoms with Crippen LogP contribution >= 0.6 is 0 Å². The van der Waals surface area contributed by atoms with Crippen LogP contribution in [0.25, 0.3) is 0 Å². The first-order valence-electron chi connectivity index (χ1n) is 4.52. The monoisotopic (exact) mass is 224 g/mol. The van der Waals surface area contributed by atoms with Crippen LogP contribution < -0.4 is 9.44 Å². The summed E-state index contributed by atoms with van der Waals surface area (Å²) in [7, 11) is -2.11. The Morgan fingerprint density at radius 2 is 1.86 bits per heavy atom.